The number of sulfonamides is 1. The van der Waals surface area contributed by atoms with Gasteiger partial charge in [-0.1, -0.05) is 37.6 Å². The first-order valence-corrected chi connectivity index (χ1v) is 10.8. The van der Waals surface area contributed by atoms with Crippen molar-refractivity contribution < 1.29 is 13.2 Å². The molecule has 1 aromatic heterocycles. The Morgan fingerprint density at radius 2 is 1.85 bits per heavy atom. The van der Waals surface area contributed by atoms with Gasteiger partial charge in [-0.25, -0.2) is 18.1 Å². The Labute approximate surface area is 166 Å². The lowest BCUT2D eigenvalue weighted by molar-refractivity contribution is 0.223. The van der Waals surface area contributed by atoms with E-state index in [-0.39, 0.29) is 11.4 Å². The molecule has 148 valence electrons. The number of ether oxygens (including phenoxy) is 1. The van der Waals surface area contributed by atoms with Crippen LogP contribution >= 0.6 is 11.6 Å². The molecule has 0 aliphatic rings. The molecule has 0 unspecified atom stereocenters. The Kier molecular flexibility index (Phi) is 8.04. The minimum atomic E-state index is -3.65. The monoisotopic (exact) mass is 411 g/mol. The van der Waals surface area contributed by atoms with E-state index in [0.717, 1.165) is 30.9 Å². The van der Waals surface area contributed by atoms with E-state index in [0.29, 0.717) is 17.3 Å². The number of likely N-dealkylation sites (N-methyl/N-ethyl adjacent to an activating group) is 1. The van der Waals surface area contributed by atoms with E-state index >= 15 is 0 Å². The fourth-order valence-corrected chi connectivity index (χ4v) is 3.63. The normalized spacial score (nSPS) is 11.7. The number of aryl methyl sites for hydroxylation is 1. The lowest BCUT2D eigenvalue weighted by Crippen LogP contribution is -2.27. The predicted molar refractivity (Wildman–Crippen MR) is 108 cm³/mol. The summed E-state index contributed by atoms with van der Waals surface area (Å²) in [5, 5.41) is 0.297. The summed E-state index contributed by atoms with van der Waals surface area (Å²) in [6.07, 6.45) is 1.25. The molecule has 1 N–H and O–H groups in total. The molecule has 0 aliphatic heterocycles. The van der Waals surface area contributed by atoms with E-state index in [1.165, 1.54) is 12.3 Å². The molecule has 0 aliphatic carbocycles. The molecule has 6 nitrogen and oxygen atoms in total. The van der Waals surface area contributed by atoms with Crippen LogP contribution < -0.4 is 9.46 Å². The topological polar surface area (TPSA) is 71.5 Å². The zero-order valence-corrected chi connectivity index (χ0v) is 17.5. The van der Waals surface area contributed by atoms with E-state index < -0.39 is 10.0 Å². The van der Waals surface area contributed by atoms with E-state index in [2.05, 4.69) is 28.5 Å². The molecule has 0 amide bonds. The molecule has 0 radical (unpaired) electrons. The van der Waals surface area contributed by atoms with Gasteiger partial charge in [0.05, 0.1) is 0 Å². The van der Waals surface area contributed by atoms with Gasteiger partial charge in [-0.2, -0.15) is 0 Å². The van der Waals surface area contributed by atoms with Crippen molar-refractivity contribution in [1.29, 1.82) is 0 Å². The smallest absolute Gasteiger partial charge is 0.242 e. The number of aromatic nitrogens is 1. The Bertz CT molecular complexity index is 838. The third-order valence-corrected chi connectivity index (χ3v) is 6.02. The maximum atomic E-state index is 12.4. The van der Waals surface area contributed by atoms with Crippen molar-refractivity contribution in [2.45, 2.75) is 32.2 Å². The van der Waals surface area contributed by atoms with Crippen LogP contribution in [0.1, 0.15) is 25.0 Å². The average molecular weight is 412 g/mol. The second-order valence-electron chi connectivity index (χ2n) is 6.12. The lowest BCUT2D eigenvalue weighted by Gasteiger charge is -2.18. The van der Waals surface area contributed by atoms with Gasteiger partial charge in [0, 0.05) is 19.3 Å². The molecule has 0 spiro atoms. The second-order valence-corrected chi connectivity index (χ2v) is 8.25. The molecule has 0 atom stereocenters. The van der Waals surface area contributed by atoms with Crippen LogP contribution in [0.5, 0.6) is 5.75 Å². The first-order valence-electron chi connectivity index (χ1n) is 8.91. The van der Waals surface area contributed by atoms with Gasteiger partial charge in [-0.15, -0.1) is 0 Å². The number of hydrogen-bond donors (Lipinski definition) is 1. The van der Waals surface area contributed by atoms with Gasteiger partial charge in [0.2, 0.25) is 10.0 Å². The molecule has 2 aromatic rings. The molecule has 0 fully saturated rings. The van der Waals surface area contributed by atoms with Gasteiger partial charge in [-0.05, 0) is 49.3 Å². The Morgan fingerprint density at radius 3 is 2.44 bits per heavy atom. The zero-order chi connectivity index (χ0) is 19.9. The van der Waals surface area contributed by atoms with Gasteiger partial charge >= 0.3 is 0 Å². The molecule has 1 heterocycles. The molecule has 0 saturated carbocycles. The van der Waals surface area contributed by atoms with Gasteiger partial charge < -0.3 is 9.64 Å². The largest absolute Gasteiger partial charge is 0.492 e. The summed E-state index contributed by atoms with van der Waals surface area (Å²) in [5.74, 6) is 0.770. The zero-order valence-electron chi connectivity index (χ0n) is 15.9. The fourth-order valence-electron chi connectivity index (χ4n) is 2.48. The Hall–Kier alpha value is -1.67. The van der Waals surface area contributed by atoms with Crippen LogP contribution in [0.4, 0.5) is 0 Å². The highest BCUT2D eigenvalue weighted by atomic mass is 35.5. The van der Waals surface area contributed by atoms with Gasteiger partial charge in [-0.3, -0.25) is 0 Å². The number of rotatable bonds is 10. The van der Waals surface area contributed by atoms with Crippen molar-refractivity contribution in [3.8, 4) is 5.75 Å². The SMILES string of the molecule is CCN(CC)CCOc1ccc(CNS(=O)(=O)c2cnc(Cl)c(C)c2)cc1. The first-order chi connectivity index (χ1) is 12.9. The number of halogens is 1. The molecule has 2 rings (SSSR count). The summed E-state index contributed by atoms with van der Waals surface area (Å²) in [5.41, 5.74) is 1.46. The summed E-state index contributed by atoms with van der Waals surface area (Å²) in [4.78, 5) is 6.28. The van der Waals surface area contributed by atoms with Crippen LogP contribution in [0.15, 0.2) is 41.4 Å². The Morgan fingerprint density at radius 1 is 1.19 bits per heavy atom. The van der Waals surface area contributed by atoms with Crippen molar-refractivity contribution in [3.63, 3.8) is 0 Å². The van der Waals surface area contributed by atoms with Crippen molar-refractivity contribution in [1.82, 2.24) is 14.6 Å². The van der Waals surface area contributed by atoms with Crippen molar-refractivity contribution in [2.24, 2.45) is 0 Å². The number of benzene rings is 1. The maximum absolute atomic E-state index is 12.4. The minimum Gasteiger partial charge on any atom is -0.492 e. The van der Waals surface area contributed by atoms with Crippen LogP contribution in [0.2, 0.25) is 5.15 Å². The molecule has 0 saturated heterocycles. The predicted octanol–water partition coefficient (Wildman–Crippen LogP) is 3.24. The first kappa shape index (κ1) is 21.6. The number of nitrogens with one attached hydrogen (secondary N) is 1. The highest BCUT2D eigenvalue weighted by molar-refractivity contribution is 7.89. The van der Waals surface area contributed by atoms with Crippen molar-refractivity contribution in [2.75, 3.05) is 26.2 Å². The highest BCUT2D eigenvalue weighted by Crippen LogP contribution is 2.17. The lowest BCUT2D eigenvalue weighted by atomic mass is 10.2. The highest BCUT2D eigenvalue weighted by Gasteiger charge is 2.15. The van der Waals surface area contributed by atoms with E-state index in [9.17, 15) is 8.42 Å². The number of pyridine rings is 1. The minimum absolute atomic E-state index is 0.0979. The molecule has 8 heteroatoms. The Balaban J connectivity index is 1.89. The van der Waals surface area contributed by atoms with Crippen LogP contribution in [-0.2, 0) is 16.6 Å². The van der Waals surface area contributed by atoms with Gasteiger partial charge in [0.1, 0.15) is 22.4 Å². The molecule has 27 heavy (non-hydrogen) atoms. The van der Waals surface area contributed by atoms with Crippen LogP contribution in [0, 0.1) is 6.92 Å². The molecular formula is C19H26ClN3O3S. The van der Waals surface area contributed by atoms with Gasteiger partial charge in [0.15, 0.2) is 0 Å². The van der Waals surface area contributed by atoms with E-state index in [1.807, 2.05) is 24.3 Å². The van der Waals surface area contributed by atoms with Crippen LogP contribution in [0.25, 0.3) is 0 Å². The summed E-state index contributed by atoms with van der Waals surface area (Å²) in [7, 11) is -3.65. The summed E-state index contributed by atoms with van der Waals surface area (Å²) in [6.45, 7) is 9.65. The van der Waals surface area contributed by atoms with E-state index in [1.54, 1.807) is 6.92 Å². The van der Waals surface area contributed by atoms with Crippen LogP contribution in [-0.4, -0.2) is 44.5 Å². The maximum Gasteiger partial charge on any atom is 0.242 e. The standard InChI is InChI=1S/C19H26ClN3O3S/c1-4-23(5-2)10-11-26-17-8-6-16(7-9-17)13-22-27(24,25)18-12-15(3)19(20)21-14-18/h6-9,12,14,22H,4-5,10-11,13H2,1-3H3. The summed E-state index contributed by atoms with van der Waals surface area (Å²) in [6, 6.07) is 8.89. The average Bonchev–Trinajstić information content (AvgIpc) is 2.66. The van der Waals surface area contributed by atoms with Crippen molar-refractivity contribution in [3.05, 3.63) is 52.8 Å². The van der Waals surface area contributed by atoms with E-state index in [4.69, 9.17) is 16.3 Å². The molecular weight excluding hydrogens is 386 g/mol. The third kappa shape index (κ3) is 6.46. The number of nitrogens with zero attached hydrogens (tertiary/aromatic N) is 2. The summed E-state index contributed by atoms with van der Waals surface area (Å²) < 4.78 is 33.1. The second kappa shape index (κ2) is 10.0. The quantitative estimate of drug-likeness (QED) is 0.607. The fraction of sp³-hybridized carbons (Fsp3) is 0.421. The summed E-state index contributed by atoms with van der Waals surface area (Å²) >= 11 is 5.85. The molecule has 1 aromatic carbocycles. The van der Waals surface area contributed by atoms with Crippen molar-refractivity contribution >= 4 is 21.6 Å². The third-order valence-electron chi connectivity index (χ3n) is 4.26. The molecule has 0 bridgehead atoms. The van der Waals surface area contributed by atoms with Gasteiger partial charge in [0.25, 0.3) is 0 Å². The van der Waals surface area contributed by atoms with Crippen LogP contribution in [0.3, 0.4) is 0 Å². The number of hydrogen-bond acceptors (Lipinski definition) is 5.